The van der Waals surface area contributed by atoms with Gasteiger partial charge >= 0.3 is 0 Å². The molecule has 0 bridgehead atoms. The Balaban J connectivity index is 3.01. The highest BCUT2D eigenvalue weighted by atomic mass is 35.5. The van der Waals surface area contributed by atoms with Crippen molar-refractivity contribution in [1.29, 1.82) is 0 Å². The number of nitrogens with zero attached hydrogens (tertiary/aromatic N) is 1. The smallest absolute Gasteiger partial charge is 0.226 e. The predicted octanol–water partition coefficient (Wildman–Crippen LogP) is 4.57. The molecule has 2 atom stereocenters. The average molecular weight is 454 g/mol. The van der Waals surface area contributed by atoms with Crippen molar-refractivity contribution in [3.63, 3.8) is 0 Å². The number of benzene rings is 1. The summed E-state index contributed by atoms with van der Waals surface area (Å²) in [6, 6.07) is 3.81. The molecule has 0 spiro atoms. The van der Waals surface area contributed by atoms with Gasteiger partial charge in [0.1, 0.15) is 10.8 Å². The SMILES string of the molecule is COc1cc(C/C(C)=C/C=C/[C@H](CCO)OC)cc(N(C)C(=O)CC[C@H](C)OC)c1Cl. The minimum Gasteiger partial charge on any atom is -0.495 e. The van der Waals surface area contributed by atoms with E-state index in [9.17, 15) is 4.79 Å². The molecule has 0 saturated carbocycles. The van der Waals surface area contributed by atoms with E-state index in [4.69, 9.17) is 30.9 Å². The molecule has 1 aromatic carbocycles. The molecule has 0 aromatic heterocycles. The minimum absolute atomic E-state index is 0.0182. The maximum Gasteiger partial charge on any atom is 0.226 e. The number of methoxy groups -OCH3 is 3. The topological polar surface area (TPSA) is 68.2 Å². The Kier molecular flexibility index (Phi) is 12.5. The second kappa shape index (κ2) is 14.2. The first kappa shape index (κ1) is 27.2. The summed E-state index contributed by atoms with van der Waals surface area (Å²) < 4.78 is 16.0. The molecule has 174 valence electrons. The number of amides is 1. The molecule has 6 nitrogen and oxygen atoms in total. The van der Waals surface area contributed by atoms with Gasteiger partial charge in [0.25, 0.3) is 0 Å². The van der Waals surface area contributed by atoms with E-state index < -0.39 is 0 Å². The molecule has 0 heterocycles. The summed E-state index contributed by atoms with van der Waals surface area (Å²) in [5.74, 6) is 0.500. The van der Waals surface area contributed by atoms with E-state index in [-0.39, 0.29) is 24.7 Å². The third-order valence-electron chi connectivity index (χ3n) is 5.11. The Bertz CT molecular complexity index is 763. The summed E-state index contributed by atoms with van der Waals surface area (Å²) in [7, 11) is 6.55. The lowest BCUT2D eigenvalue weighted by Gasteiger charge is -2.22. The monoisotopic (exact) mass is 453 g/mol. The maximum atomic E-state index is 12.7. The van der Waals surface area contributed by atoms with Crippen molar-refractivity contribution in [1.82, 2.24) is 0 Å². The van der Waals surface area contributed by atoms with Gasteiger partial charge in [-0.1, -0.05) is 35.4 Å². The lowest BCUT2D eigenvalue weighted by atomic mass is 10.0. The third kappa shape index (κ3) is 9.03. The van der Waals surface area contributed by atoms with Crippen LogP contribution in [0.1, 0.15) is 38.7 Å². The van der Waals surface area contributed by atoms with Crippen LogP contribution in [0.2, 0.25) is 5.02 Å². The van der Waals surface area contributed by atoms with Gasteiger partial charge in [0.2, 0.25) is 5.91 Å². The zero-order valence-corrected chi connectivity index (χ0v) is 20.2. The van der Waals surface area contributed by atoms with Crippen molar-refractivity contribution in [2.24, 2.45) is 0 Å². The van der Waals surface area contributed by atoms with E-state index in [1.165, 1.54) is 0 Å². The molecule has 7 heteroatoms. The second-order valence-electron chi connectivity index (χ2n) is 7.53. The number of carbonyl (C=O) groups excluding carboxylic acids is 1. The Morgan fingerprint density at radius 1 is 1.23 bits per heavy atom. The van der Waals surface area contributed by atoms with Gasteiger partial charge in [-0.15, -0.1) is 0 Å². The van der Waals surface area contributed by atoms with Gasteiger partial charge in [-0.2, -0.15) is 0 Å². The molecule has 0 aliphatic heterocycles. The van der Waals surface area contributed by atoms with Crippen LogP contribution in [0.3, 0.4) is 0 Å². The number of halogens is 1. The van der Waals surface area contributed by atoms with E-state index in [1.54, 1.807) is 33.3 Å². The van der Waals surface area contributed by atoms with E-state index >= 15 is 0 Å². The van der Waals surface area contributed by atoms with Crippen LogP contribution in [0, 0.1) is 0 Å². The van der Waals surface area contributed by atoms with Gasteiger partial charge in [0.15, 0.2) is 0 Å². The normalized spacial score (nSPS) is 14.0. The zero-order chi connectivity index (χ0) is 23.4. The number of anilines is 1. The summed E-state index contributed by atoms with van der Waals surface area (Å²) in [6.45, 7) is 4.04. The van der Waals surface area contributed by atoms with Crippen molar-refractivity contribution < 1.29 is 24.1 Å². The maximum absolute atomic E-state index is 12.7. The van der Waals surface area contributed by atoms with Crippen LogP contribution >= 0.6 is 11.6 Å². The molecule has 0 aliphatic rings. The number of carbonyl (C=O) groups is 1. The molecule has 0 aliphatic carbocycles. The first-order chi connectivity index (χ1) is 14.8. The molecule has 1 amide bonds. The van der Waals surface area contributed by atoms with Crippen LogP contribution in [0.25, 0.3) is 0 Å². The summed E-state index contributed by atoms with van der Waals surface area (Å²) in [5, 5.41) is 9.45. The van der Waals surface area contributed by atoms with Gasteiger partial charge in [0, 0.05) is 40.7 Å². The molecule has 31 heavy (non-hydrogen) atoms. The predicted molar refractivity (Wildman–Crippen MR) is 126 cm³/mol. The summed E-state index contributed by atoms with van der Waals surface area (Å²) in [5.41, 5.74) is 2.73. The molecule has 0 saturated heterocycles. The number of hydrogen-bond donors (Lipinski definition) is 1. The van der Waals surface area contributed by atoms with Gasteiger partial charge in [-0.05, 0) is 44.4 Å². The fourth-order valence-electron chi connectivity index (χ4n) is 3.02. The third-order valence-corrected chi connectivity index (χ3v) is 5.49. The molecule has 1 N–H and O–H groups in total. The highest BCUT2D eigenvalue weighted by Crippen LogP contribution is 2.36. The van der Waals surface area contributed by atoms with Crippen molar-refractivity contribution in [2.75, 3.05) is 39.9 Å². The van der Waals surface area contributed by atoms with Crippen LogP contribution in [0.15, 0.2) is 35.9 Å². The van der Waals surface area contributed by atoms with Gasteiger partial charge in [0.05, 0.1) is 25.0 Å². The van der Waals surface area contributed by atoms with E-state index in [0.717, 1.165) is 11.1 Å². The van der Waals surface area contributed by atoms with Gasteiger partial charge < -0.3 is 24.2 Å². The molecular formula is C24H36ClNO5. The average Bonchev–Trinajstić information content (AvgIpc) is 2.76. The number of aliphatic hydroxyl groups excluding tert-OH is 1. The fraction of sp³-hybridized carbons (Fsp3) is 0.542. The number of ether oxygens (including phenoxy) is 3. The summed E-state index contributed by atoms with van der Waals surface area (Å²) in [4.78, 5) is 14.2. The molecule has 0 unspecified atom stereocenters. The molecule has 1 aromatic rings. The first-order valence-corrected chi connectivity index (χ1v) is 10.8. The van der Waals surface area contributed by atoms with Crippen molar-refractivity contribution in [2.45, 2.75) is 51.7 Å². The molecule has 0 radical (unpaired) electrons. The zero-order valence-electron chi connectivity index (χ0n) is 19.5. The van der Waals surface area contributed by atoms with Gasteiger partial charge in [-0.25, -0.2) is 0 Å². The quantitative estimate of drug-likeness (QED) is 0.443. The molecular weight excluding hydrogens is 418 g/mol. The highest BCUT2D eigenvalue weighted by Gasteiger charge is 2.19. The van der Waals surface area contributed by atoms with E-state index in [1.807, 2.05) is 44.2 Å². The highest BCUT2D eigenvalue weighted by molar-refractivity contribution is 6.35. The van der Waals surface area contributed by atoms with Gasteiger partial charge in [-0.3, -0.25) is 4.79 Å². The summed E-state index contributed by atoms with van der Waals surface area (Å²) in [6.07, 6.45) is 7.99. The van der Waals surface area contributed by atoms with Crippen molar-refractivity contribution in [3.05, 3.63) is 46.5 Å². The van der Waals surface area contributed by atoms with Crippen molar-refractivity contribution in [3.8, 4) is 5.75 Å². The lowest BCUT2D eigenvalue weighted by Crippen LogP contribution is -2.27. The Labute approximate surface area is 191 Å². The Morgan fingerprint density at radius 3 is 2.52 bits per heavy atom. The fourth-order valence-corrected chi connectivity index (χ4v) is 3.34. The number of allylic oxidation sites excluding steroid dienone is 3. The first-order valence-electron chi connectivity index (χ1n) is 10.4. The van der Waals surface area contributed by atoms with E-state index in [0.29, 0.717) is 42.1 Å². The molecule has 1 rings (SSSR count). The molecule has 0 fully saturated rings. The van der Waals surface area contributed by atoms with Crippen LogP contribution in [0.5, 0.6) is 5.75 Å². The second-order valence-corrected chi connectivity index (χ2v) is 7.91. The minimum atomic E-state index is -0.114. The summed E-state index contributed by atoms with van der Waals surface area (Å²) >= 11 is 6.51. The van der Waals surface area contributed by atoms with Crippen molar-refractivity contribution >= 4 is 23.2 Å². The Hall–Kier alpha value is -1.86. The van der Waals surface area contributed by atoms with Crippen LogP contribution in [-0.4, -0.2) is 58.2 Å². The number of rotatable bonds is 13. The number of hydrogen-bond acceptors (Lipinski definition) is 5. The lowest BCUT2D eigenvalue weighted by molar-refractivity contribution is -0.118. The van der Waals surface area contributed by atoms with Crippen LogP contribution in [-0.2, 0) is 20.7 Å². The Morgan fingerprint density at radius 2 is 1.94 bits per heavy atom. The van der Waals surface area contributed by atoms with Crippen LogP contribution in [0.4, 0.5) is 5.69 Å². The number of aliphatic hydroxyl groups is 1. The standard InChI is InChI=1S/C24H36ClNO5/c1-17(8-7-9-20(30-5)12-13-27)14-19-15-21(24(25)22(16-19)31-6)26(3)23(28)11-10-18(2)29-4/h7-9,15-16,18,20,27H,10-14H2,1-6H3/b9-7+,17-8+/t18-,20+/m0/s1. The van der Waals surface area contributed by atoms with E-state index in [2.05, 4.69) is 0 Å². The van der Waals surface area contributed by atoms with Crippen LogP contribution < -0.4 is 9.64 Å². The largest absolute Gasteiger partial charge is 0.495 e.